The SMILES string of the molecule is COC(O[SiH3])=C(C)C(C)(C)C. The monoisotopic (exact) mass is 174 g/mol. The maximum absolute atomic E-state index is 5.18. The smallest absolute Gasteiger partial charge is 0.263 e. The van der Waals surface area contributed by atoms with E-state index in [1.807, 2.05) is 6.92 Å². The first-order chi connectivity index (χ1) is 4.93. The summed E-state index contributed by atoms with van der Waals surface area (Å²) in [7, 11) is 2.32. The molecule has 0 rings (SSSR count). The van der Waals surface area contributed by atoms with E-state index in [0.717, 1.165) is 5.57 Å². The Morgan fingerprint density at radius 3 is 1.82 bits per heavy atom. The van der Waals surface area contributed by atoms with Crippen molar-refractivity contribution < 1.29 is 9.16 Å². The van der Waals surface area contributed by atoms with Crippen molar-refractivity contribution >= 4 is 10.5 Å². The molecule has 0 unspecified atom stereocenters. The van der Waals surface area contributed by atoms with Crippen LogP contribution in [-0.2, 0) is 9.16 Å². The van der Waals surface area contributed by atoms with Crippen LogP contribution in [0.2, 0.25) is 0 Å². The third-order valence-electron chi connectivity index (χ3n) is 1.80. The van der Waals surface area contributed by atoms with Crippen LogP contribution in [0, 0.1) is 5.41 Å². The van der Waals surface area contributed by atoms with Gasteiger partial charge in [-0.25, -0.2) is 0 Å². The van der Waals surface area contributed by atoms with E-state index in [4.69, 9.17) is 9.16 Å². The molecule has 66 valence electrons. The molecule has 0 aromatic heterocycles. The number of methoxy groups -OCH3 is 1. The van der Waals surface area contributed by atoms with Gasteiger partial charge in [-0.3, -0.25) is 0 Å². The van der Waals surface area contributed by atoms with Crippen LogP contribution in [0.1, 0.15) is 27.7 Å². The molecule has 2 nitrogen and oxygen atoms in total. The number of hydrogen-bond acceptors (Lipinski definition) is 2. The topological polar surface area (TPSA) is 18.5 Å². The number of ether oxygens (including phenoxy) is 1. The summed E-state index contributed by atoms with van der Waals surface area (Å²) in [6.07, 6.45) is 0. The third-order valence-corrected chi connectivity index (χ3v) is 2.17. The lowest BCUT2D eigenvalue weighted by Crippen LogP contribution is -2.11. The predicted molar refractivity (Wildman–Crippen MR) is 50.2 cm³/mol. The minimum Gasteiger partial charge on any atom is -0.529 e. The molecule has 0 heterocycles. The van der Waals surface area contributed by atoms with Crippen molar-refractivity contribution in [2.45, 2.75) is 27.7 Å². The zero-order valence-corrected chi connectivity index (χ0v) is 10.3. The Kier molecular flexibility index (Phi) is 3.65. The lowest BCUT2D eigenvalue weighted by atomic mass is 9.88. The summed E-state index contributed by atoms with van der Waals surface area (Å²) in [6.45, 7) is 8.46. The van der Waals surface area contributed by atoms with Gasteiger partial charge in [0.25, 0.3) is 5.95 Å². The Balaban J connectivity index is 4.62. The van der Waals surface area contributed by atoms with Gasteiger partial charge in [0.1, 0.15) is 0 Å². The van der Waals surface area contributed by atoms with Gasteiger partial charge in [0.15, 0.2) is 0 Å². The molecule has 11 heavy (non-hydrogen) atoms. The molecule has 0 radical (unpaired) electrons. The van der Waals surface area contributed by atoms with E-state index in [9.17, 15) is 0 Å². The summed E-state index contributed by atoms with van der Waals surface area (Å²) < 4.78 is 10.3. The summed E-state index contributed by atoms with van der Waals surface area (Å²) >= 11 is 0. The highest BCUT2D eigenvalue weighted by Gasteiger charge is 2.18. The molecule has 0 saturated carbocycles. The third kappa shape index (κ3) is 2.97. The van der Waals surface area contributed by atoms with Crippen molar-refractivity contribution in [2.75, 3.05) is 7.11 Å². The summed E-state index contributed by atoms with van der Waals surface area (Å²) in [6, 6.07) is 0. The Hall–Kier alpha value is -0.443. The molecular formula is C8H18O2Si. The lowest BCUT2D eigenvalue weighted by Gasteiger charge is -2.21. The second-order valence-electron chi connectivity index (χ2n) is 3.57. The molecule has 0 fully saturated rings. The van der Waals surface area contributed by atoms with Crippen molar-refractivity contribution in [3.05, 3.63) is 11.5 Å². The highest BCUT2D eigenvalue weighted by Crippen LogP contribution is 2.27. The van der Waals surface area contributed by atoms with Crippen LogP contribution in [0.4, 0.5) is 0 Å². The molecule has 0 aliphatic rings. The Bertz CT molecular complexity index is 150. The first-order valence-electron chi connectivity index (χ1n) is 3.72. The molecule has 0 N–H and O–H groups in total. The lowest BCUT2D eigenvalue weighted by molar-refractivity contribution is 0.146. The van der Waals surface area contributed by atoms with E-state index in [-0.39, 0.29) is 5.41 Å². The van der Waals surface area contributed by atoms with Crippen molar-refractivity contribution in [1.82, 2.24) is 0 Å². The highest BCUT2D eigenvalue weighted by atomic mass is 28.2. The summed E-state index contributed by atoms with van der Waals surface area (Å²) in [4.78, 5) is 0. The van der Waals surface area contributed by atoms with Gasteiger partial charge >= 0.3 is 0 Å². The molecule has 0 amide bonds. The molecule has 0 spiro atoms. The fraction of sp³-hybridized carbons (Fsp3) is 0.750. The molecule has 0 aromatic carbocycles. The fourth-order valence-electron chi connectivity index (χ4n) is 0.696. The Labute approximate surface area is 72.1 Å². The van der Waals surface area contributed by atoms with E-state index >= 15 is 0 Å². The minimum atomic E-state index is 0.135. The second-order valence-corrected chi connectivity index (χ2v) is 3.98. The van der Waals surface area contributed by atoms with Crippen LogP contribution >= 0.6 is 0 Å². The average Bonchev–Trinajstić information content (AvgIpc) is 1.88. The molecule has 0 aliphatic heterocycles. The van der Waals surface area contributed by atoms with Crippen LogP contribution in [-0.4, -0.2) is 17.6 Å². The number of hydrogen-bond donors (Lipinski definition) is 0. The standard InChI is InChI=1S/C8H18O2Si/c1-6(8(2,3)4)7(9-5)10-11/h1-5,11H3. The molecule has 0 aliphatic carbocycles. The molecule has 0 bridgehead atoms. The first kappa shape index (κ1) is 10.6. The van der Waals surface area contributed by atoms with Crippen LogP contribution in [0.15, 0.2) is 11.5 Å². The predicted octanol–water partition coefficient (Wildman–Crippen LogP) is 1.21. The van der Waals surface area contributed by atoms with Gasteiger partial charge in [-0.1, -0.05) is 20.8 Å². The van der Waals surface area contributed by atoms with Crippen LogP contribution < -0.4 is 0 Å². The number of allylic oxidation sites excluding steroid dienone is 1. The molecule has 0 atom stereocenters. The maximum Gasteiger partial charge on any atom is 0.263 e. The molecule has 0 aromatic rings. The summed E-state index contributed by atoms with van der Waals surface area (Å²) in [5.41, 5.74) is 1.30. The van der Waals surface area contributed by atoms with E-state index in [0.29, 0.717) is 16.4 Å². The number of rotatable bonds is 2. The van der Waals surface area contributed by atoms with E-state index < -0.39 is 0 Å². The first-order valence-corrected chi connectivity index (χ1v) is 4.54. The highest BCUT2D eigenvalue weighted by molar-refractivity contribution is 5.98. The Morgan fingerprint density at radius 2 is 1.73 bits per heavy atom. The van der Waals surface area contributed by atoms with Crippen LogP contribution in [0.3, 0.4) is 0 Å². The van der Waals surface area contributed by atoms with E-state index in [2.05, 4.69) is 20.8 Å². The largest absolute Gasteiger partial charge is 0.529 e. The molecule has 0 saturated heterocycles. The van der Waals surface area contributed by atoms with E-state index in [1.165, 1.54) is 0 Å². The van der Waals surface area contributed by atoms with Crippen LogP contribution in [0.25, 0.3) is 0 Å². The van der Waals surface area contributed by atoms with Crippen molar-refractivity contribution in [3.63, 3.8) is 0 Å². The maximum atomic E-state index is 5.18. The summed E-state index contributed by atoms with van der Waals surface area (Å²) in [5.74, 6) is 0.684. The molecular weight excluding hydrogens is 156 g/mol. The van der Waals surface area contributed by atoms with E-state index in [1.54, 1.807) is 7.11 Å². The van der Waals surface area contributed by atoms with Gasteiger partial charge in [0, 0.05) is 5.57 Å². The van der Waals surface area contributed by atoms with Crippen LogP contribution in [0.5, 0.6) is 0 Å². The fourth-order valence-corrected chi connectivity index (χ4v) is 1.17. The Morgan fingerprint density at radius 1 is 1.27 bits per heavy atom. The van der Waals surface area contributed by atoms with Crippen molar-refractivity contribution in [2.24, 2.45) is 5.41 Å². The van der Waals surface area contributed by atoms with Gasteiger partial charge in [0.2, 0.25) is 10.5 Å². The zero-order valence-electron chi connectivity index (χ0n) is 8.32. The minimum absolute atomic E-state index is 0.135. The normalized spacial score (nSPS) is 14.3. The zero-order chi connectivity index (χ0) is 9.07. The molecule has 3 heteroatoms. The van der Waals surface area contributed by atoms with Gasteiger partial charge in [-0.05, 0) is 12.3 Å². The van der Waals surface area contributed by atoms with Gasteiger partial charge in [-0.2, -0.15) is 0 Å². The average molecular weight is 174 g/mol. The van der Waals surface area contributed by atoms with Crippen molar-refractivity contribution in [1.29, 1.82) is 0 Å². The second kappa shape index (κ2) is 3.81. The van der Waals surface area contributed by atoms with Gasteiger partial charge in [-0.15, -0.1) is 0 Å². The quantitative estimate of drug-likeness (QED) is 0.463. The summed E-state index contributed by atoms with van der Waals surface area (Å²) in [5, 5.41) is 0. The van der Waals surface area contributed by atoms with Gasteiger partial charge in [0.05, 0.1) is 7.11 Å². The van der Waals surface area contributed by atoms with Crippen molar-refractivity contribution in [3.8, 4) is 0 Å². The van der Waals surface area contributed by atoms with Gasteiger partial charge < -0.3 is 9.16 Å².